The lowest BCUT2D eigenvalue weighted by Crippen LogP contribution is -2.26. The van der Waals surface area contributed by atoms with Crippen molar-refractivity contribution in [1.29, 1.82) is 0 Å². The summed E-state index contributed by atoms with van der Waals surface area (Å²) in [7, 11) is 1.60. The van der Waals surface area contributed by atoms with Crippen LogP contribution in [0.15, 0.2) is 42.5 Å². The Kier molecular flexibility index (Phi) is 4.65. The van der Waals surface area contributed by atoms with E-state index in [0.717, 1.165) is 16.9 Å². The molecule has 2 N–H and O–H groups in total. The molecule has 0 saturated carbocycles. The molecule has 0 aromatic heterocycles. The highest BCUT2D eigenvalue weighted by atomic mass is 16.5. The Hall–Kier alpha value is -3.02. The summed E-state index contributed by atoms with van der Waals surface area (Å²) in [6, 6.07) is 12.9. The van der Waals surface area contributed by atoms with Gasteiger partial charge in [0.05, 0.1) is 19.2 Å². The van der Waals surface area contributed by atoms with E-state index in [4.69, 9.17) is 9.47 Å². The molecule has 6 heteroatoms. The lowest BCUT2D eigenvalue weighted by Gasteiger charge is -2.18. The normalized spacial score (nSPS) is 12.6. The number of hydrogen-bond acceptors (Lipinski definition) is 4. The van der Waals surface area contributed by atoms with Gasteiger partial charge in [-0.2, -0.15) is 0 Å². The second-order valence-electron chi connectivity index (χ2n) is 5.43. The first-order chi connectivity index (χ1) is 11.7. The van der Waals surface area contributed by atoms with E-state index in [9.17, 15) is 9.59 Å². The van der Waals surface area contributed by atoms with Gasteiger partial charge < -0.3 is 20.1 Å². The molecule has 0 unspecified atom stereocenters. The summed E-state index contributed by atoms with van der Waals surface area (Å²) in [5.74, 6) is 1.06. The number of methoxy groups -OCH3 is 1. The monoisotopic (exact) mass is 326 g/mol. The predicted molar refractivity (Wildman–Crippen MR) is 89.1 cm³/mol. The second-order valence-corrected chi connectivity index (χ2v) is 5.43. The number of carbonyl (C=O) groups is 2. The Morgan fingerprint density at radius 2 is 2.12 bits per heavy atom. The van der Waals surface area contributed by atoms with E-state index in [1.54, 1.807) is 19.2 Å². The van der Waals surface area contributed by atoms with Crippen molar-refractivity contribution in [3.05, 3.63) is 53.6 Å². The van der Waals surface area contributed by atoms with Crippen molar-refractivity contribution in [2.24, 2.45) is 0 Å². The molecule has 0 atom stereocenters. The van der Waals surface area contributed by atoms with E-state index >= 15 is 0 Å². The third kappa shape index (κ3) is 3.65. The molecule has 2 aromatic rings. The standard InChI is InChI=1S/C18H18N2O4/c1-23-15-5-3-2-4-13(15)10-19-17(21)9-12-6-7-16-14(8-12)20-18(22)11-24-16/h2-8H,9-11H2,1H3,(H,19,21)(H,20,22). The van der Waals surface area contributed by atoms with E-state index in [0.29, 0.717) is 18.0 Å². The van der Waals surface area contributed by atoms with Crippen molar-refractivity contribution in [2.45, 2.75) is 13.0 Å². The molecule has 6 nitrogen and oxygen atoms in total. The van der Waals surface area contributed by atoms with E-state index in [1.165, 1.54) is 0 Å². The molecule has 0 saturated heterocycles. The smallest absolute Gasteiger partial charge is 0.262 e. The Morgan fingerprint density at radius 3 is 2.96 bits per heavy atom. The highest BCUT2D eigenvalue weighted by Crippen LogP contribution is 2.28. The number of fused-ring (bicyclic) bond motifs is 1. The molecule has 0 bridgehead atoms. The summed E-state index contributed by atoms with van der Waals surface area (Å²) >= 11 is 0. The lowest BCUT2D eigenvalue weighted by atomic mass is 10.1. The van der Waals surface area contributed by atoms with Crippen LogP contribution in [0.25, 0.3) is 0 Å². The van der Waals surface area contributed by atoms with Gasteiger partial charge in [0.15, 0.2) is 6.61 Å². The molecular weight excluding hydrogens is 308 g/mol. The number of carbonyl (C=O) groups excluding carboxylic acids is 2. The maximum atomic E-state index is 12.1. The highest BCUT2D eigenvalue weighted by molar-refractivity contribution is 5.95. The molecule has 0 spiro atoms. The van der Waals surface area contributed by atoms with E-state index in [-0.39, 0.29) is 24.8 Å². The largest absolute Gasteiger partial charge is 0.496 e. The zero-order valence-corrected chi connectivity index (χ0v) is 13.3. The van der Waals surface area contributed by atoms with Crippen LogP contribution in [0.4, 0.5) is 5.69 Å². The fraction of sp³-hybridized carbons (Fsp3) is 0.222. The molecule has 2 aromatic carbocycles. The number of para-hydroxylation sites is 1. The molecule has 0 aliphatic carbocycles. The molecule has 24 heavy (non-hydrogen) atoms. The molecule has 0 fully saturated rings. The highest BCUT2D eigenvalue weighted by Gasteiger charge is 2.16. The van der Waals surface area contributed by atoms with E-state index in [1.807, 2.05) is 30.3 Å². The van der Waals surface area contributed by atoms with Crippen molar-refractivity contribution in [2.75, 3.05) is 19.0 Å². The van der Waals surface area contributed by atoms with Crippen LogP contribution in [0.5, 0.6) is 11.5 Å². The van der Waals surface area contributed by atoms with E-state index in [2.05, 4.69) is 10.6 Å². The van der Waals surface area contributed by atoms with Crippen LogP contribution in [-0.2, 0) is 22.6 Å². The summed E-state index contributed by atoms with van der Waals surface area (Å²) in [6.07, 6.45) is 0.221. The Bertz CT molecular complexity index is 773. The number of amides is 2. The Morgan fingerprint density at radius 1 is 1.29 bits per heavy atom. The average Bonchev–Trinajstić information content (AvgIpc) is 2.60. The van der Waals surface area contributed by atoms with Crippen molar-refractivity contribution in [1.82, 2.24) is 5.32 Å². The van der Waals surface area contributed by atoms with Crippen LogP contribution in [-0.4, -0.2) is 25.5 Å². The fourth-order valence-corrected chi connectivity index (χ4v) is 2.53. The van der Waals surface area contributed by atoms with Gasteiger partial charge in [-0.15, -0.1) is 0 Å². The maximum absolute atomic E-state index is 12.1. The molecule has 2 amide bonds. The molecule has 0 radical (unpaired) electrons. The van der Waals surface area contributed by atoms with Crippen LogP contribution < -0.4 is 20.1 Å². The summed E-state index contributed by atoms with van der Waals surface area (Å²) in [5, 5.41) is 5.61. The number of hydrogen-bond donors (Lipinski definition) is 2. The van der Waals surface area contributed by atoms with Gasteiger partial charge in [0.2, 0.25) is 5.91 Å². The Labute approximate surface area is 139 Å². The zero-order valence-electron chi connectivity index (χ0n) is 13.3. The number of anilines is 1. The summed E-state index contributed by atoms with van der Waals surface area (Å²) in [4.78, 5) is 23.5. The first-order valence-electron chi connectivity index (χ1n) is 7.60. The van der Waals surface area contributed by atoms with Crippen molar-refractivity contribution in [3.8, 4) is 11.5 Å². The topological polar surface area (TPSA) is 76.7 Å². The number of benzene rings is 2. The van der Waals surface area contributed by atoms with Gasteiger partial charge in [0.1, 0.15) is 11.5 Å². The van der Waals surface area contributed by atoms with Gasteiger partial charge in [0.25, 0.3) is 5.91 Å². The molecular formula is C18H18N2O4. The van der Waals surface area contributed by atoms with E-state index < -0.39 is 0 Å². The van der Waals surface area contributed by atoms with Crippen molar-refractivity contribution in [3.63, 3.8) is 0 Å². The third-order valence-corrected chi connectivity index (χ3v) is 3.71. The van der Waals surface area contributed by atoms with Crippen LogP contribution in [0, 0.1) is 0 Å². The molecule has 1 heterocycles. The molecule has 3 rings (SSSR count). The average molecular weight is 326 g/mol. The summed E-state index contributed by atoms with van der Waals surface area (Å²) < 4.78 is 10.6. The quantitative estimate of drug-likeness (QED) is 0.880. The van der Waals surface area contributed by atoms with Crippen LogP contribution in [0.1, 0.15) is 11.1 Å². The minimum absolute atomic E-state index is 0.0196. The van der Waals surface area contributed by atoms with Gasteiger partial charge in [-0.25, -0.2) is 0 Å². The Balaban J connectivity index is 1.61. The number of rotatable bonds is 5. The summed E-state index contributed by atoms with van der Waals surface area (Å²) in [6.45, 7) is 0.416. The van der Waals surface area contributed by atoms with Crippen molar-refractivity contribution < 1.29 is 19.1 Å². The van der Waals surface area contributed by atoms with Crippen LogP contribution in [0.2, 0.25) is 0 Å². The third-order valence-electron chi connectivity index (χ3n) is 3.71. The van der Waals surface area contributed by atoms with Gasteiger partial charge in [-0.05, 0) is 23.8 Å². The maximum Gasteiger partial charge on any atom is 0.262 e. The second kappa shape index (κ2) is 7.04. The molecule has 124 valence electrons. The van der Waals surface area contributed by atoms with Gasteiger partial charge >= 0.3 is 0 Å². The first kappa shape index (κ1) is 15.9. The molecule has 1 aliphatic rings. The van der Waals surface area contributed by atoms with Crippen LogP contribution >= 0.6 is 0 Å². The van der Waals surface area contributed by atoms with Gasteiger partial charge in [-0.1, -0.05) is 24.3 Å². The minimum atomic E-state index is -0.194. The molecule has 1 aliphatic heterocycles. The van der Waals surface area contributed by atoms with Crippen LogP contribution in [0.3, 0.4) is 0 Å². The zero-order chi connectivity index (χ0) is 16.9. The first-order valence-corrected chi connectivity index (χ1v) is 7.60. The van der Waals surface area contributed by atoms with Crippen molar-refractivity contribution >= 4 is 17.5 Å². The van der Waals surface area contributed by atoms with Gasteiger partial charge in [0, 0.05) is 12.1 Å². The fourth-order valence-electron chi connectivity index (χ4n) is 2.53. The summed E-state index contributed by atoms with van der Waals surface area (Å²) in [5.41, 5.74) is 2.32. The van der Waals surface area contributed by atoms with Gasteiger partial charge in [-0.3, -0.25) is 9.59 Å². The number of ether oxygens (including phenoxy) is 2. The number of nitrogens with one attached hydrogen (secondary N) is 2. The predicted octanol–water partition coefficient (Wildman–Crippen LogP) is 1.88. The minimum Gasteiger partial charge on any atom is -0.496 e. The SMILES string of the molecule is COc1ccccc1CNC(=O)Cc1ccc2c(c1)NC(=O)CO2. The lowest BCUT2D eigenvalue weighted by molar-refractivity contribution is -0.120.